The van der Waals surface area contributed by atoms with Crippen molar-refractivity contribution in [1.82, 2.24) is 4.90 Å². The average Bonchev–Trinajstić information content (AvgIpc) is 2.50. The van der Waals surface area contributed by atoms with Gasteiger partial charge in [-0.05, 0) is 18.9 Å². The average molecular weight is 300 g/mol. The number of nitrogens with zero attached hydrogens (tertiary/aromatic N) is 1. The van der Waals surface area contributed by atoms with Gasteiger partial charge < -0.3 is 10.5 Å². The highest BCUT2D eigenvalue weighted by molar-refractivity contribution is 5.23. The van der Waals surface area contributed by atoms with Crippen LogP contribution < -0.4 is 5.73 Å². The van der Waals surface area contributed by atoms with Gasteiger partial charge in [-0.15, -0.1) is 0 Å². The minimum atomic E-state index is -0.831. The van der Waals surface area contributed by atoms with E-state index in [1.165, 1.54) is 6.07 Å². The van der Waals surface area contributed by atoms with Gasteiger partial charge in [0.15, 0.2) is 11.6 Å². The second kappa shape index (κ2) is 9.07. The smallest absolute Gasteiger partial charge is 0.163 e. The number of hydrogen-bond acceptors (Lipinski definition) is 3. The van der Waals surface area contributed by atoms with Crippen molar-refractivity contribution in [3.8, 4) is 0 Å². The molecule has 1 aromatic rings. The van der Waals surface area contributed by atoms with Crippen LogP contribution in [-0.2, 0) is 4.74 Å². The molecule has 0 fully saturated rings. The molecule has 1 atom stereocenters. The normalized spacial score (nSPS) is 13.1. The first-order chi connectivity index (χ1) is 10.1. The second-order valence-electron chi connectivity index (χ2n) is 5.10. The molecule has 0 amide bonds. The molecule has 1 unspecified atom stereocenters. The maximum atomic E-state index is 14.1. The number of ether oxygens (including phenoxy) is 1. The monoisotopic (exact) mass is 300 g/mol. The van der Waals surface area contributed by atoms with Crippen molar-refractivity contribution < 1.29 is 13.5 Å². The highest BCUT2D eigenvalue weighted by Crippen LogP contribution is 2.27. The van der Waals surface area contributed by atoms with E-state index in [0.29, 0.717) is 18.7 Å². The summed E-state index contributed by atoms with van der Waals surface area (Å²) in [6, 6.07) is 4.18. The second-order valence-corrected chi connectivity index (χ2v) is 5.10. The Hall–Kier alpha value is -1.04. The topological polar surface area (TPSA) is 38.5 Å². The SMILES string of the molecule is CCC(CC)N(CCOC)C(CN)c1cccc(F)c1F. The fourth-order valence-corrected chi connectivity index (χ4v) is 2.77. The third-order valence-electron chi connectivity index (χ3n) is 3.93. The summed E-state index contributed by atoms with van der Waals surface area (Å²) < 4.78 is 32.7. The van der Waals surface area contributed by atoms with Crippen LogP contribution in [0.4, 0.5) is 8.78 Å². The molecule has 0 spiro atoms. The third-order valence-corrected chi connectivity index (χ3v) is 3.93. The molecule has 0 aliphatic rings. The Morgan fingerprint density at radius 3 is 2.43 bits per heavy atom. The van der Waals surface area contributed by atoms with E-state index in [9.17, 15) is 8.78 Å². The lowest BCUT2D eigenvalue weighted by Gasteiger charge is -2.37. The van der Waals surface area contributed by atoms with E-state index in [2.05, 4.69) is 18.7 Å². The lowest BCUT2D eigenvalue weighted by Crippen LogP contribution is -2.43. The molecular weight excluding hydrogens is 274 g/mol. The summed E-state index contributed by atoms with van der Waals surface area (Å²) in [7, 11) is 1.63. The Morgan fingerprint density at radius 2 is 1.90 bits per heavy atom. The molecule has 0 saturated carbocycles. The van der Waals surface area contributed by atoms with E-state index in [-0.39, 0.29) is 18.6 Å². The van der Waals surface area contributed by atoms with Crippen LogP contribution in [0.1, 0.15) is 38.3 Å². The summed E-state index contributed by atoms with van der Waals surface area (Å²) in [6.45, 7) is 5.58. The molecule has 0 aliphatic carbocycles. The molecule has 1 rings (SSSR count). The van der Waals surface area contributed by atoms with Crippen LogP contribution in [0.2, 0.25) is 0 Å². The summed E-state index contributed by atoms with van der Waals surface area (Å²) >= 11 is 0. The van der Waals surface area contributed by atoms with Gasteiger partial charge in [0.05, 0.1) is 12.6 Å². The van der Waals surface area contributed by atoms with Crippen LogP contribution in [0.5, 0.6) is 0 Å². The number of halogens is 2. The highest BCUT2D eigenvalue weighted by atomic mass is 19.2. The predicted octanol–water partition coefficient (Wildman–Crippen LogP) is 3.10. The lowest BCUT2D eigenvalue weighted by molar-refractivity contribution is 0.0801. The molecule has 1 aromatic carbocycles. The molecule has 2 N–H and O–H groups in total. The molecular formula is C16H26F2N2O. The molecule has 0 radical (unpaired) electrons. The van der Waals surface area contributed by atoms with Crippen molar-refractivity contribution in [3.05, 3.63) is 35.4 Å². The summed E-state index contributed by atoms with van der Waals surface area (Å²) in [6.07, 6.45) is 1.85. The van der Waals surface area contributed by atoms with Gasteiger partial charge in [-0.1, -0.05) is 26.0 Å². The largest absolute Gasteiger partial charge is 0.383 e. The molecule has 0 saturated heterocycles. The molecule has 0 aromatic heterocycles. The number of rotatable bonds is 9. The van der Waals surface area contributed by atoms with E-state index in [1.807, 2.05) is 0 Å². The zero-order valence-corrected chi connectivity index (χ0v) is 13.1. The Morgan fingerprint density at radius 1 is 1.24 bits per heavy atom. The summed E-state index contributed by atoms with van der Waals surface area (Å²) in [4.78, 5) is 2.13. The van der Waals surface area contributed by atoms with Crippen molar-refractivity contribution in [2.45, 2.75) is 38.8 Å². The first-order valence-corrected chi connectivity index (χ1v) is 7.49. The maximum absolute atomic E-state index is 14.1. The molecule has 3 nitrogen and oxygen atoms in total. The molecule has 120 valence electrons. The van der Waals surface area contributed by atoms with Crippen molar-refractivity contribution in [1.29, 1.82) is 0 Å². The zero-order chi connectivity index (χ0) is 15.8. The van der Waals surface area contributed by atoms with E-state index in [4.69, 9.17) is 10.5 Å². The Labute approximate surface area is 126 Å². The van der Waals surface area contributed by atoms with Gasteiger partial charge in [0.25, 0.3) is 0 Å². The number of methoxy groups -OCH3 is 1. The van der Waals surface area contributed by atoms with Crippen molar-refractivity contribution in [2.75, 3.05) is 26.8 Å². The maximum Gasteiger partial charge on any atom is 0.163 e. The van der Waals surface area contributed by atoms with Gasteiger partial charge in [-0.2, -0.15) is 0 Å². The van der Waals surface area contributed by atoms with E-state index < -0.39 is 11.6 Å². The summed E-state index contributed by atoms with van der Waals surface area (Å²) in [5.41, 5.74) is 6.19. The first-order valence-electron chi connectivity index (χ1n) is 7.49. The minimum absolute atomic E-state index is 0.237. The van der Waals surface area contributed by atoms with E-state index in [1.54, 1.807) is 13.2 Å². The van der Waals surface area contributed by atoms with Gasteiger partial charge in [0.2, 0.25) is 0 Å². The lowest BCUT2D eigenvalue weighted by atomic mass is 10.00. The minimum Gasteiger partial charge on any atom is -0.383 e. The Balaban J connectivity index is 3.13. The van der Waals surface area contributed by atoms with E-state index in [0.717, 1.165) is 18.9 Å². The van der Waals surface area contributed by atoms with Crippen molar-refractivity contribution >= 4 is 0 Å². The van der Waals surface area contributed by atoms with Gasteiger partial charge in [-0.25, -0.2) is 8.78 Å². The number of hydrogen-bond donors (Lipinski definition) is 1. The predicted molar refractivity (Wildman–Crippen MR) is 81.1 cm³/mol. The summed E-state index contributed by atoms with van der Waals surface area (Å²) in [5.74, 6) is -1.64. The Kier molecular flexibility index (Phi) is 7.78. The molecule has 0 bridgehead atoms. The van der Waals surface area contributed by atoms with Crippen molar-refractivity contribution in [2.24, 2.45) is 5.73 Å². The fourth-order valence-electron chi connectivity index (χ4n) is 2.77. The standard InChI is InChI=1S/C16H26F2N2O/c1-4-12(5-2)20(9-10-21-3)15(11-19)13-7-6-8-14(17)16(13)18/h6-8,12,15H,4-5,9-11,19H2,1-3H3. The molecule has 21 heavy (non-hydrogen) atoms. The molecule has 0 heterocycles. The van der Waals surface area contributed by atoms with Gasteiger partial charge >= 0.3 is 0 Å². The summed E-state index contributed by atoms with van der Waals surface area (Å²) in [5, 5.41) is 0. The van der Waals surface area contributed by atoms with Crippen LogP contribution in [0.25, 0.3) is 0 Å². The number of benzene rings is 1. The first kappa shape index (κ1) is 18.0. The molecule has 5 heteroatoms. The van der Waals surface area contributed by atoms with Gasteiger partial charge in [0.1, 0.15) is 0 Å². The third kappa shape index (κ3) is 4.46. The van der Waals surface area contributed by atoms with Gasteiger partial charge in [0, 0.05) is 31.8 Å². The van der Waals surface area contributed by atoms with Crippen LogP contribution in [0.15, 0.2) is 18.2 Å². The molecule has 0 aliphatic heterocycles. The van der Waals surface area contributed by atoms with Crippen molar-refractivity contribution in [3.63, 3.8) is 0 Å². The van der Waals surface area contributed by atoms with Crippen LogP contribution in [-0.4, -0.2) is 37.7 Å². The van der Waals surface area contributed by atoms with Crippen LogP contribution in [0.3, 0.4) is 0 Å². The van der Waals surface area contributed by atoms with Crippen LogP contribution in [0, 0.1) is 11.6 Å². The quantitative estimate of drug-likeness (QED) is 0.761. The zero-order valence-electron chi connectivity index (χ0n) is 13.1. The van der Waals surface area contributed by atoms with Gasteiger partial charge in [-0.3, -0.25) is 4.90 Å². The van der Waals surface area contributed by atoms with Crippen LogP contribution >= 0.6 is 0 Å². The highest BCUT2D eigenvalue weighted by Gasteiger charge is 2.27. The van der Waals surface area contributed by atoms with E-state index >= 15 is 0 Å². The number of nitrogens with two attached hydrogens (primary N) is 1. The Bertz CT molecular complexity index is 425. The fraction of sp³-hybridized carbons (Fsp3) is 0.625.